The molecule has 0 N–H and O–H groups in total. The number of anilines is 2. The average Bonchev–Trinajstić information content (AvgIpc) is 3.45. The summed E-state index contributed by atoms with van der Waals surface area (Å²) in [6, 6.07) is 12.0. The Morgan fingerprint density at radius 3 is 2.41 bits per heavy atom. The second-order valence-corrected chi connectivity index (χ2v) is 10.4. The average molecular weight is 505 g/mol. The van der Waals surface area contributed by atoms with Gasteiger partial charge in [0.25, 0.3) is 0 Å². The first kappa shape index (κ1) is 23.0. The Labute approximate surface area is 203 Å². The monoisotopic (exact) mass is 504 g/mol. The van der Waals surface area contributed by atoms with Crippen molar-refractivity contribution in [2.45, 2.75) is 31.9 Å². The molecular weight excluding hydrogens is 481 g/mol. The van der Waals surface area contributed by atoms with Crippen LogP contribution in [0.25, 0.3) is 10.2 Å². The van der Waals surface area contributed by atoms with Crippen LogP contribution in [-0.4, -0.2) is 52.5 Å². The molecule has 0 aliphatic carbocycles. The highest BCUT2D eigenvalue weighted by molar-refractivity contribution is 7.18. The van der Waals surface area contributed by atoms with Gasteiger partial charge in [0, 0.05) is 37.5 Å². The van der Waals surface area contributed by atoms with E-state index in [2.05, 4.69) is 54.2 Å². The third-order valence-corrected chi connectivity index (χ3v) is 7.83. The first-order chi connectivity index (χ1) is 16.4. The summed E-state index contributed by atoms with van der Waals surface area (Å²) in [5.74, 6) is 0.702. The number of rotatable bonds is 7. The van der Waals surface area contributed by atoms with E-state index >= 15 is 0 Å². The molecule has 0 spiro atoms. The van der Waals surface area contributed by atoms with E-state index in [1.165, 1.54) is 11.9 Å². The minimum absolute atomic E-state index is 0.261. The quantitative estimate of drug-likeness (QED) is 0.347. The summed E-state index contributed by atoms with van der Waals surface area (Å²) < 4.78 is 38.5. The van der Waals surface area contributed by atoms with Crippen molar-refractivity contribution in [2.75, 3.05) is 36.0 Å². The Morgan fingerprint density at radius 1 is 0.882 bits per heavy atom. The molecule has 1 aromatic carbocycles. The molecule has 3 aromatic heterocycles. The van der Waals surface area contributed by atoms with Gasteiger partial charge in [-0.15, -0.1) is 21.5 Å². The standard InChI is InChI=1S/C23H23F3N6S2/c24-23(25,26)14-17-13-18-20(27-15-28-21(18)33-17)31-9-11-32(12-10-31)22-30-29-19(34-22)8-4-7-16-5-2-1-3-6-16/h1-3,5-6,13,15H,4,7-12,14H2. The van der Waals surface area contributed by atoms with Gasteiger partial charge in [-0.2, -0.15) is 13.2 Å². The lowest BCUT2D eigenvalue weighted by Gasteiger charge is -2.35. The highest BCUT2D eigenvalue weighted by atomic mass is 32.1. The Kier molecular flexibility index (Phi) is 6.64. The number of benzene rings is 1. The van der Waals surface area contributed by atoms with E-state index in [1.807, 2.05) is 6.07 Å². The van der Waals surface area contributed by atoms with E-state index in [0.29, 0.717) is 29.1 Å². The maximum Gasteiger partial charge on any atom is 0.393 e. The molecule has 1 fully saturated rings. The molecule has 4 aromatic rings. The third kappa shape index (κ3) is 5.47. The van der Waals surface area contributed by atoms with Gasteiger partial charge in [-0.1, -0.05) is 41.7 Å². The van der Waals surface area contributed by atoms with Gasteiger partial charge in [0.1, 0.15) is 22.0 Å². The van der Waals surface area contributed by atoms with Crippen LogP contribution in [0.15, 0.2) is 42.7 Å². The number of hydrogen-bond donors (Lipinski definition) is 0. The molecule has 11 heteroatoms. The summed E-state index contributed by atoms with van der Waals surface area (Å²) in [5.41, 5.74) is 1.33. The first-order valence-electron chi connectivity index (χ1n) is 11.1. The summed E-state index contributed by atoms with van der Waals surface area (Å²) in [5, 5.41) is 11.4. The molecule has 0 unspecified atom stereocenters. The molecule has 0 radical (unpaired) electrons. The zero-order valence-electron chi connectivity index (χ0n) is 18.3. The minimum Gasteiger partial charge on any atom is -0.352 e. The molecule has 0 bridgehead atoms. The molecule has 1 aliphatic rings. The highest BCUT2D eigenvalue weighted by Crippen LogP contribution is 2.34. The summed E-state index contributed by atoms with van der Waals surface area (Å²) in [4.78, 5) is 13.8. The van der Waals surface area contributed by atoms with E-state index in [0.717, 1.165) is 53.8 Å². The van der Waals surface area contributed by atoms with Crippen LogP contribution in [0.2, 0.25) is 0 Å². The van der Waals surface area contributed by atoms with E-state index in [-0.39, 0.29) is 4.88 Å². The predicted octanol–water partition coefficient (Wildman–Crippen LogP) is 5.15. The van der Waals surface area contributed by atoms with Gasteiger partial charge in [-0.05, 0) is 24.5 Å². The number of aryl methyl sites for hydroxylation is 2. The number of fused-ring (bicyclic) bond motifs is 1. The fourth-order valence-corrected chi connectivity index (χ4v) is 6.05. The minimum atomic E-state index is -4.23. The molecule has 1 aliphatic heterocycles. The predicted molar refractivity (Wildman–Crippen MR) is 130 cm³/mol. The summed E-state index contributed by atoms with van der Waals surface area (Å²) in [7, 11) is 0. The van der Waals surface area contributed by atoms with Gasteiger partial charge in [-0.25, -0.2) is 9.97 Å². The van der Waals surface area contributed by atoms with Crippen LogP contribution in [0.1, 0.15) is 21.9 Å². The van der Waals surface area contributed by atoms with Crippen molar-refractivity contribution in [1.82, 2.24) is 20.2 Å². The summed E-state index contributed by atoms with van der Waals surface area (Å²) in [6.45, 7) is 2.92. The topological polar surface area (TPSA) is 58.0 Å². The Morgan fingerprint density at radius 2 is 1.65 bits per heavy atom. The molecule has 0 amide bonds. The fourth-order valence-electron chi connectivity index (χ4n) is 4.10. The molecule has 178 valence electrons. The van der Waals surface area contributed by atoms with Crippen molar-refractivity contribution in [3.63, 3.8) is 0 Å². The number of alkyl halides is 3. The number of aromatic nitrogens is 4. The largest absolute Gasteiger partial charge is 0.393 e. The van der Waals surface area contributed by atoms with Crippen molar-refractivity contribution >= 4 is 43.8 Å². The number of hydrogen-bond acceptors (Lipinski definition) is 8. The first-order valence-corrected chi connectivity index (χ1v) is 12.7. The van der Waals surface area contributed by atoms with Gasteiger partial charge in [0.15, 0.2) is 0 Å². The van der Waals surface area contributed by atoms with Gasteiger partial charge in [-0.3, -0.25) is 0 Å². The van der Waals surface area contributed by atoms with Crippen molar-refractivity contribution in [3.8, 4) is 0 Å². The van der Waals surface area contributed by atoms with Crippen LogP contribution in [0.5, 0.6) is 0 Å². The van der Waals surface area contributed by atoms with Crippen LogP contribution in [0.3, 0.4) is 0 Å². The molecular formula is C23H23F3N6S2. The van der Waals surface area contributed by atoms with Crippen molar-refractivity contribution in [1.29, 1.82) is 0 Å². The normalized spacial score (nSPS) is 14.8. The highest BCUT2D eigenvalue weighted by Gasteiger charge is 2.29. The van der Waals surface area contributed by atoms with Crippen LogP contribution in [0, 0.1) is 0 Å². The molecule has 1 saturated heterocycles. The van der Waals surface area contributed by atoms with E-state index in [4.69, 9.17) is 0 Å². The lowest BCUT2D eigenvalue weighted by Crippen LogP contribution is -2.46. The molecule has 6 nitrogen and oxygen atoms in total. The van der Waals surface area contributed by atoms with E-state index < -0.39 is 12.6 Å². The zero-order chi connectivity index (χ0) is 23.5. The van der Waals surface area contributed by atoms with Gasteiger partial charge in [0.2, 0.25) is 5.13 Å². The van der Waals surface area contributed by atoms with Crippen LogP contribution < -0.4 is 9.80 Å². The van der Waals surface area contributed by atoms with Crippen molar-refractivity contribution < 1.29 is 13.2 Å². The van der Waals surface area contributed by atoms with Crippen LogP contribution in [0.4, 0.5) is 24.1 Å². The molecule has 4 heterocycles. The second kappa shape index (κ2) is 9.83. The van der Waals surface area contributed by atoms with Gasteiger partial charge >= 0.3 is 6.18 Å². The molecule has 0 saturated carbocycles. The number of halogens is 3. The van der Waals surface area contributed by atoms with Crippen molar-refractivity contribution in [2.24, 2.45) is 0 Å². The zero-order valence-corrected chi connectivity index (χ0v) is 20.0. The van der Waals surface area contributed by atoms with Crippen molar-refractivity contribution in [3.05, 3.63) is 58.2 Å². The Hall–Kier alpha value is -2.79. The number of thiophene rings is 1. The molecule has 5 rings (SSSR count). The maximum atomic E-state index is 12.8. The lowest BCUT2D eigenvalue weighted by molar-refractivity contribution is -0.126. The second-order valence-electron chi connectivity index (χ2n) is 8.21. The smallest absolute Gasteiger partial charge is 0.352 e. The molecule has 34 heavy (non-hydrogen) atoms. The molecule has 0 atom stereocenters. The summed E-state index contributed by atoms with van der Waals surface area (Å²) >= 11 is 2.72. The SMILES string of the molecule is FC(F)(F)Cc1cc2c(N3CCN(c4nnc(CCCc5ccccc5)s4)CC3)ncnc2s1. The van der Waals surface area contributed by atoms with Gasteiger partial charge < -0.3 is 9.80 Å². The maximum absolute atomic E-state index is 12.8. The van der Waals surface area contributed by atoms with Crippen LogP contribution in [-0.2, 0) is 19.3 Å². The Bertz CT molecular complexity index is 1230. The number of piperazine rings is 1. The van der Waals surface area contributed by atoms with E-state index in [1.54, 1.807) is 17.4 Å². The fraction of sp³-hybridized carbons (Fsp3) is 0.391. The third-order valence-electron chi connectivity index (χ3n) is 5.74. The van der Waals surface area contributed by atoms with Gasteiger partial charge in [0.05, 0.1) is 11.8 Å². The Balaban J connectivity index is 1.19. The lowest BCUT2D eigenvalue weighted by atomic mass is 10.1. The summed E-state index contributed by atoms with van der Waals surface area (Å²) in [6.07, 6.45) is -0.773. The van der Waals surface area contributed by atoms with Crippen LogP contribution >= 0.6 is 22.7 Å². The number of nitrogens with zero attached hydrogens (tertiary/aromatic N) is 6. The van der Waals surface area contributed by atoms with E-state index in [9.17, 15) is 13.2 Å².